The van der Waals surface area contributed by atoms with Crippen LogP contribution in [0.15, 0.2) is 18.3 Å². The fourth-order valence-corrected chi connectivity index (χ4v) is 1.36. The Labute approximate surface area is 83.3 Å². The highest BCUT2D eigenvalue weighted by atomic mass is 35.5. The minimum Gasteiger partial charge on any atom is -0.271 e. The van der Waals surface area contributed by atoms with Crippen LogP contribution in [0.2, 0.25) is 5.15 Å². The second kappa shape index (κ2) is 4.56. The standard InChI is InChI=1S/C9H14ClN3/c1-6(2)9(13-11)7-3-4-8(10)12-5-7/h3-6,9,13H,11H2,1-2H3. The molecule has 0 bridgehead atoms. The predicted octanol–water partition coefficient (Wildman–Crippen LogP) is 1.90. The maximum Gasteiger partial charge on any atom is 0.129 e. The van der Waals surface area contributed by atoms with Crippen molar-refractivity contribution in [1.29, 1.82) is 0 Å². The Balaban J connectivity index is 2.86. The Morgan fingerprint density at radius 2 is 2.15 bits per heavy atom. The molecule has 4 heteroatoms. The smallest absolute Gasteiger partial charge is 0.129 e. The molecule has 0 aliphatic rings. The summed E-state index contributed by atoms with van der Waals surface area (Å²) in [6, 6.07) is 3.83. The highest BCUT2D eigenvalue weighted by molar-refractivity contribution is 6.29. The van der Waals surface area contributed by atoms with E-state index in [1.165, 1.54) is 0 Å². The Bertz CT molecular complexity index is 258. The van der Waals surface area contributed by atoms with Crippen LogP contribution in [0.25, 0.3) is 0 Å². The molecule has 72 valence electrons. The van der Waals surface area contributed by atoms with Crippen molar-refractivity contribution in [3.63, 3.8) is 0 Å². The normalized spacial score (nSPS) is 13.3. The topological polar surface area (TPSA) is 50.9 Å². The summed E-state index contributed by atoms with van der Waals surface area (Å²) in [6.45, 7) is 4.19. The monoisotopic (exact) mass is 199 g/mol. The third kappa shape index (κ3) is 2.66. The number of nitrogens with two attached hydrogens (primary N) is 1. The molecule has 3 N–H and O–H groups in total. The van der Waals surface area contributed by atoms with Gasteiger partial charge in [-0.25, -0.2) is 4.98 Å². The van der Waals surface area contributed by atoms with E-state index >= 15 is 0 Å². The van der Waals surface area contributed by atoms with Crippen LogP contribution >= 0.6 is 11.6 Å². The number of nitrogens with one attached hydrogen (secondary N) is 1. The molecular formula is C9H14ClN3. The molecular weight excluding hydrogens is 186 g/mol. The third-order valence-electron chi connectivity index (χ3n) is 1.96. The maximum absolute atomic E-state index is 5.68. The minimum atomic E-state index is 0.129. The summed E-state index contributed by atoms with van der Waals surface area (Å²) in [5.74, 6) is 5.86. The van der Waals surface area contributed by atoms with E-state index in [-0.39, 0.29) is 6.04 Å². The number of hydrazine groups is 1. The molecule has 0 spiro atoms. The van der Waals surface area contributed by atoms with E-state index in [1.807, 2.05) is 6.07 Å². The second-order valence-corrected chi connectivity index (χ2v) is 3.69. The maximum atomic E-state index is 5.68. The van der Waals surface area contributed by atoms with Crippen LogP contribution in [0.4, 0.5) is 0 Å². The molecule has 0 aromatic carbocycles. The van der Waals surface area contributed by atoms with Crippen LogP contribution < -0.4 is 11.3 Å². The highest BCUT2D eigenvalue weighted by Crippen LogP contribution is 2.20. The third-order valence-corrected chi connectivity index (χ3v) is 2.18. The van der Waals surface area contributed by atoms with Crippen molar-refractivity contribution < 1.29 is 0 Å². The second-order valence-electron chi connectivity index (χ2n) is 3.30. The van der Waals surface area contributed by atoms with E-state index in [2.05, 4.69) is 24.3 Å². The van der Waals surface area contributed by atoms with Crippen LogP contribution in [-0.4, -0.2) is 4.98 Å². The molecule has 0 saturated carbocycles. The Hall–Kier alpha value is -0.640. The first-order valence-electron chi connectivity index (χ1n) is 4.22. The van der Waals surface area contributed by atoms with Gasteiger partial charge in [0, 0.05) is 12.2 Å². The number of halogens is 1. The van der Waals surface area contributed by atoms with Gasteiger partial charge in [0.1, 0.15) is 5.15 Å². The number of hydrogen-bond donors (Lipinski definition) is 2. The van der Waals surface area contributed by atoms with Crippen molar-refractivity contribution in [2.24, 2.45) is 11.8 Å². The molecule has 0 radical (unpaired) electrons. The lowest BCUT2D eigenvalue weighted by molar-refractivity contribution is 0.420. The van der Waals surface area contributed by atoms with Crippen LogP contribution in [0.5, 0.6) is 0 Å². The van der Waals surface area contributed by atoms with Crippen LogP contribution in [-0.2, 0) is 0 Å². The molecule has 1 aromatic heterocycles. The Morgan fingerprint density at radius 3 is 2.54 bits per heavy atom. The predicted molar refractivity (Wildman–Crippen MR) is 54.1 cm³/mol. The molecule has 0 aliphatic heterocycles. The Morgan fingerprint density at radius 1 is 1.46 bits per heavy atom. The van der Waals surface area contributed by atoms with Gasteiger partial charge in [0.2, 0.25) is 0 Å². The zero-order chi connectivity index (χ0) is 9.84. The summed E-state index contributed by atoms with van der Waals surface area (Å²) in [5.41, 5.74) is 3.81. The summed E-state index contributed by atoms with van der Waals surface area (Å²) in [7, 11) is 0. The van der Waals surface area contributed by atoms with Crippen molar-refractivity contribution >= 4 is 11.6 Å². The highest BCUT2D eigenvalue weighted by Gasteiger charge is 2.13. The average Bonchev–Trinajstić information content (AvgIpc) is 2.09. The van der Waals surface area contributed by atoms with Crippen molar-refractivity contribution in [1.82, 2.24) is 10.4 Å². The Kier molecular flexibility index (Phi) is 3.66. The number of hydrogen-bond acceptors (Lipinski definition) is 3. The zero-order valence-corrected chi connectivity index (χ0v) is 8.55. The van der Waals surface area contributed by atoms with Crippen LogP contribution in [0.3, 0.4) is 0 Å². The van der Waals surface area contributed by atoms with Gasteiger partial charge in [-0.3, -0.25) is 11.3 Å². The van der Waals surface area contributed by atoms with Gasteiger partial charge < -0.3 is 0 Å². The molecule has 1 aromatic rings. The molecule has 0 fully saturated rings. The largest absolute Gasteiger partial charge is 0.271 e. The van der Waals surface area contributed by atoms with E-state index < -0.39 is 0 Å². The van der Waals surface area contributed by atoms with Crippen LogP contribution in [0, 0.1) is 5.92 Å². The zero-order valence-electron chi connectivity index (χ0n) is 7.79. The molecule has 1 unspecified atom stereocenters. The van der Waals surface area contributed by atoms with E-state index in [9.17, 15) is 0 Å². The van der Waals surface area contributed by atoms with Gasteiger partial charge in [0.25, 0.3) is 0 Å². The van der Waals surface area contributed by atoms with E-state index in [0.717, 1.165) is 5.56 Å². The lowest BCUT2D eigenvalue weighted by atomic mass is 9.98. The summed E-state index contributed by atoms with van der Waals surface area (Å²) >= 11 is 5.68. The molecule has 0 saturated heterocycles. The summed E-state index contributed by atoms with van der Waals surface area (Å²) in [4.78, 5) is 4.00. The quantitative estimate of drug-likeness (QED) is 0.444. The summed E-state index contributed by atoms with van der Waals surface area (Å²) in [5, 5.41) is 0.503. The van der Waals surface area contributed by atoms with Gasteiger partial charge >= 0.3 is 0 Å². The first-order valence-corrected chi connectivity index (χ1v) is 4.60. The van der Waals surface area contributed by atoms with Gasteiger partial charge in [-0.1, -0.05) is 31.5 Å². The fourth-order valence-electron chi connectivity index (χ4n) is 1.24. The molecule has 13 heavy (non-hydrogen) atoms. The lowest BCUT2D eigenvalue weighted by Crippen LogP contribution is -2.31. The average molecular weight is 200 g/mol. The molecule has 1 rings (SSSR count). The fraction of sp³-hybridized carbons (Fsp3) is 0.444. The lowest BCUT2D eigenvalue weighted by Gasteiger charge is -2.19. The molecule has 0 amide bonds. The number of aromatic nitrogens is 1. The molecule has 1 heterocycles. The molecule has 0 aliphatic carbocycles. The number of pyridine rings is 1. The van der Waals surface area contributed by atoms with E-state index in [4.69, 9.17) is 17.4 Å². The van der Waals surface area contributed by atoms with Crippen molar-refractivity contribution in [2.75, 3.05) is 0 Å². The first kappa shape index (κ1) is 10.4. The first-order chi connectivity index (χ1) is 6.15. The van der Waals surface area contributed by atoms with Gasteiger partial charge in [-0.2, -0.15) is 0 Å². The summed E-state index contributed by atoms with van der Waals surface area (Å²) < 4.78 is 0. The van der Waals surface area contributed by atoms with Gasteiger partial charge in [0.05, 0.1) is 0 Å². The van der Waals surface area contributed by atoms with Crippen molar-refractivity contribution in [2.45, 2.75) is 19.9 Å². The van der Waals surface area contributed by atoms with E-state index in [0.29, 0.717) is 11.1 Å². The van der Waals surface area contributed by atoms with E-state index in [1.54, 1.807) is 12.3 Å². The number of nitrogens with zero attached hydrogens (tertiary/aromatic N) is 1. The van der Waals surface area contributed by atoms with Gasteiger partial charge in [-0.15, -0.1) is 0 Å². The molecule has 3 nitrogen and oxygen atoms in total. The number of rotatable bonds is 3. The molecule has 1 atom stereocenters. The van der Waals surface area contributed by atoms with Crippen LogP contribution in [0.1, 0.15) is 25.5 Å². The van der Waals surface area contributed by atoms with Crippen molar-refractivity contribution in [3.8, 4) is 0 Å². The van der Waals surface area contributed by atoms with Gasteiger partial charge in [0.15, 0.2) is 0 Å². The minimum absolute atomic E-state index is 0.129. The van der Waals surface area contributed by atoms with Crippen molar-refractivity contribution in [3.05, 3.63) is 29.0 Å². The summed E-state index contributed by atoms with van der Waals surface area (Å²) in [6.07, 6.45) is 1.74. The SMILES string of the molecule is CC(C)C(NN)c1ccc(Cl)nc1. The van der Waals surface area contributed by atoms with Gasteiger partial charge in [-0.05, 0) is 17.5 Å².